The Morgan fingerprint density at radius 1 is 0.824 bits per heavy atom. The second-order valence-corrected chi connectivity index (χ2v) is 7.56. The van der Waals surface area contributed by atoms with Crippen molar-refractivity contribution in [2.24, 2.45) is 5.92 Å². The number of benzene rings is 2. The summed E-state index contributed by atoms with van der Waals surface area (Å²) in [5, 5.41) is 17.9. The van der Waals surface area contributed by atoms with Gasteiger partial charge in [-0.15, -0.1) is 0 Å². The van der Waals surface area contributed by atoms with Gasteiger partial charge < -0.3 is 9.47 Å². The first-order valence-electron chi connectivity index (χ1n) is 10.5. The molecular weight excluding hydrogens is 462 g/mol. The SMILES string of the molecule is CCCC(Oc1ccc(C#N)c(C(F)(F)F)c1)C(CC)COc1ccc(C#N)c(C(F)(F)F)c1. The van der Waals surface area contributed by atoms with Crippen LogP contribution < -0.4 is 9.47 Å². The van der Waals surface area contributed by atoms with Crippen molar-refractivity contribution >= 4 is 0 Å². The molecule has 0 radical (unpaired) electrons. The zero-order valence-corrected chi connectivity index (χ0v) is 18.4. The van der Waals surface area contributed by atoms with Crippen molar-refractivity contribution in [1.29, 1.82) is 10.5 Å². The van der Waals surface area contributed by atoms with Gasteiger partial charge >= 0.3 is 12.4 Å². The first kappa shape index (κ1) is 26.8. The highest BCUT2D eigenvalue weighted by molar-refractivity contribution is 5.45. The molecule has 0 aliphatic heterocycles. The topological polar surface area (TPSA) is 66.0 Å². The summed E-state index contributed by atoms with van der Waals surface area (Å²) in [6.07, 6.45) is -8.46. The lowest BCUT2D eigenvalue weighted by Crippen LogP contribution is -2.31. The van der Waals surface area contributed by atoms with Crippen LogP contribution in [0.25, 0.3) is 0 Å². The van der Waals surface area contributed by atoms with Crippen LogP contribution in [-0.4, -0.2) is 12.7 Å². The number of nitrogens with zero attached hydrogens (tertiary/aromatic N) is 2. The Morgan fingerprint density at radius 3 is 1.76 bits per heavy atom. The number of ether oxygens (including phenoxy) is 2. The Morgan fingerprint density at radius 2 is 1.32 bits per heavy atom. The molecule has 0 fully saturated rings. The molecule has 0 amide bonds. The summed E-state index contributed by atoms with van der Waals surface area (Å²) in [7, 11) is 0. The van der Waals surface area contributed by atoms with E-state index in [1.54, 1.807) is 6.92 Å². The summed E-state index contributed by atoms with van der Waals surface area (Å²) in [5.41, 5.74) is -3.27. The lowest BCUT2D eigenvalue weighted by molar-refractivity contribution is -0.138. The minimum Gasteiger partial charge on any atom is -0.493 e. The Labute approximate surface area is 193 Å². The third-order valence-electron chi connectivity index (χ3n) is 5.21. The van der Waals surface area contributed by atoms with Crippen LogP contribution in [0.5, 0.6) is 11.5 Å². The molecule has 0 heterocycles. The van der Waals surface area contributed by atoms with Gasteiger partial charge in [-0.05, 0) is 49.2 Å². The van der Waals surface area contributed by atoms with E-state index in [0.29, 0.717) is 19.3 Å². The van der Waals surface area contributed by atoms with Crippen molar-refractivity contribution in [2.45, 2.75) is 51.6 Å². The zero-order valence-electron chi connectivity index (χ0n) is 18.4. The highest BCUT2D eigenvalue weighted by atomic mass is 19.4. The van der Waals surface area contributed by atoms with Gasteiger partial charge in [-0.1, -0.05) is 20.3 Å². The molecule has 34 heavy (non-hydrogen) atoms. The van der Waals surface area contributed by atoms with Gasteiger partial charge in [0.15, 0.2) is 0 Å². The molecule has 2 aromatic rings. The van der Waals surface area contributed by atoms with Gasteiger partial charge in [-0.25, -0.2) is 0 Å². The summed E-state index contributed by atoms with van der Waals surface area (Å²) in [5.74, 6) is -0.506. The van der Waals surface area contributed by atoms with Crippen LogP contribution >= 0.6 is 0 Å². The maximum Gasteiger partial charge on any atom is 0.417 e. The van der Waals surface area contributed by atoms with Gasteiger partial charge in [0.25, 0.3) is 0 Å². The average molecular weight is 484 g/mol. The molecule has 2 rings (SSSR count). The van der Waals surface area contributed by atoms with E-state index in [4.69, 9.17) is 20.0 Å². The van der Waals surface area contributed by atoms with Gasteiger partial charge in [-0.3, -0.25) is 0 Å². The molecule has 182 valence electrons. The molecule has 0 aliphatic carbocycles. The first-order valence-corrected chi connectivity index (χ1v) is 10.5. The third-order valence-corrected chi connectivity index (χ3v) is 5.21. The molecule has 4 nitrogen and oxygen atoms in total. The summed E-state index contributed by atoms with van der Waals surface area (Å²) in [4.78, 5) is 0. The number of halogens is 6. The van der Waals surface area contributed by atoms with E-state index in [1.165, 1.54) is 24.3 Å². The monoisotopic (exact) mass is 484 g/mol. The highest BCUT2D eigenvalue weighted by Gasteiger charge is 2.35. The van der Waals surface area contributed by atoms with E-state index in [1.807, 2.05) is 6.92 Å². The van der Waals surface area contributed by atoms with Crippen LogP contribution in [0, 0.1) is 28.6 Å². The predicted octanol–water partition coefficient (Wildman–Crippen LogP) is 7.12. The maximum atomic E-state index is 13.3. The Bertz CT molecular complexity index is 1070. The third kappa shape index (κ3) is 6.80. The molecule has 0 aromatic heterocycles. The van der Waals surface area contributed by atoms with Crippen LogP contribution in [0.2, 0.25) is 0 Å². The molecule has 2 unspecified atom stereocenters. The fourth-order valence-electron chi connectivity index (χ4n) is 3.42. The van der Waals surface area contributed by atoms with Crippen molar-refractivity contribution in [3.05, 3.63) is 58.7 Å². The van der Waals surface area contributed by atoms with Crippen LogP contribution in [0.1, 0.15) is 55.4 Å². The van der Waals surface area contributed by atoms with E-state index in [0.717, 1.165) is 24.3 Å². The molecular formula is C24H22F6N2O2. The number of nitriles is 2. The second kappa shape index (κ2) is 11.1. The molecule has 10 heteroatoms. The van der Waals surface area contributed by atoms with Crippen molar-refractivity contribution in [1.82, 2.24) is 0 Å². The van der Waals surface area contributed by atoms with Gasteiger partial charge in [0.05, 0.1) is 41.0 Å². The van der Waals surface area contributed by atoms with Gasteiger partial charge in [0, 0.05) is 5.92 Å². The van der Waals surface area contributed by atoms with Gasteiger partial charge in [-0.2, -0.15) is 36.9 Å². The quantitative estimate of drug-likeness (QED) is 0.356. The Hall–Kier alpha value is -3.40. The molecule has 2 atom stereocenters. The van der Waals surface area contributed by atoms with E-state index in [-0.39, 0.29) is 24.0 Å². The predicted molar refractivity (Wildman–Crippen MR) is 111 cm³/mol. The van der Waals surface area contributed by atoms with E-state index in [9.17, 15) is 26.3 Å². The molecule has 0 aliphatic rings. The van der Waals surface area contributed by atoms with Crippen molar-refractivity contribution in [2.75, 3.05) is 6.61 Å². The van der Waals surface area contributed by atoms with Crippen LogP contribution in [0.4, 0.5) is 26.3 Å². The minimum atomic E-state index is -4.73. The van der Waals surface area contributed by atoms with Crippen LogP contribution in [0.3, 0.4) is 0 Å². The lowest BCUT2D eigenvalue weighted by atomic mass is 9.96. The number of hydrogen-bond acceptors (Lipinski definition) is 4. The van der Waals surface area contributed by atoms with Gasteiger partial charge in [0.2, 0.25) is 0 Å². The molecule has 0 saturated heterocycles. The van der Waals surface area contributed by atoms with E-state index < -0.39 is 40.7 Å². The number of rotatable bonds is 9. The maximum absolute atomic E-state index is 13.3. The van der Waals surface area contributed by atoms with Crippen LogP contribution in [0.15, 0.2) is 36.4 Å². The molecule has 0 bridgehead atoms. The number of alkyl halides is 6. The summed E-state index contributed by atoms with van der Waals surface area (Å²) in [6.45, 7) is 3.62. The number of hydrogen-bond donors (Lipinski definition) is 0. The standard InChI is InChI=1S/C24H22F6N2O2/c1-3-5-22(34-19-9-7-17(13-32)21(11-19)24(28,29)30)15(4-2)14-33-18-8-6-16(12-31)20(10-18)23(25,26)27/h6-11,15,22H,3-5,14H2,1-2H3. The second-order valence-electron chi connectivity index (χ2n) is 7.56. The van der Waals surface area contributed by atoms with Crippen LogP contribution in [-0.2, 0) is 12.4 Å². The average Bonchev–Trinajstić information content (AvgIpc) is 2.78. The van der Waals surface area contributed by atoms with E-state index in [2.05, 4.69) is 0 Å². The normalized spacial score (nSPS) is 13.5. The Balaban J connectivity index is 2.24. The lowest BCUT2D eigenvalue weighted by Gasteiger charge is -2.27. The molecule has 0 N–H and O–H groups in total. The highest BCUT2D eigenvalue weighted by Crippen LogP contribution is 2.36. The van der Waals surface area contributed by atoms with Gasteiger partial charge in [0.1, 0.15) is 17.6 Å². The van der Waals surface area contributed by atoms with Crippen molar-refractivity contribution in [3.63, 3.8) is 0 Å². The van der Waals surface area contributed by atoms with Crippen molar-refractivity contribution in [3.8, 4) is 23.6 Å². The molecule has 0 saturated carbocycles. The zero-order chi connectivity index (χ0) is 25.5. The van der Waals surface area contributed by atoms with E-state index >= 15 is 0 Å². The summed E-state index contributed by atoms with van der Waals surface area (Å²) >= 11 is 0. The summed E-state index contributed by atoms with van der Waals surface area (Å²) in [6, 6.07) is 9.11. The summed E-state index contributed by atoms with van der Waals surface area (Å²) < 4.78 is 90.8. The Kier molecular flexibility index (Phi) is 8.80. The fourth-order valence-corrected chi connectivity index (χ4v) is 3.42. The fraction of sp³-hybridized carbons (Fsp3) is 0.417. The molecule has 2 aromatic carbocycles. The molecule has 0 spiro atoms. The minimum absolute atomic E-state index is 0.0488. The first-order chi connectivity index (χ1) is 15.9. The van der Waals surface area contributed by atoms with Crippen molar-refractivity contribution < 1.29 is 35.8 Å². The largest absolute Gasteiger partial charge is 0.493 e. The smallest absolute Gasteiger partial charge is 0.417 e.